The van der Waals surface area contributed by atoms with Gasteiger partial charge in [-0.3, -0.25) is 4.79 Å². The molecule has 2 aromatic carbocycles. The number of rotatable bonds is 7. The SMILES string of the molecule is CCc1ccc2[nH]c(=O)c([C@H](c3nnnn3CCOC)N3CCCc4ccccc43)cc2c1. The average Bonchev–Trinajstić information content (AvgIpc) is 3.31. The van der Waals surface area contributed by atoms with Crippen LogP contribution < -0.4 is 10.5 Å². The van der Waals surface area contributed by atoms with Gasteiger partial charge in [-0.2, -0.15) is 0 Å². The van der Waals surface area contributed by atoms with Gasteiger partial charge in [0, 0.05) is 30.4 Å². The van der Waals surface area contributed by atoms with E-state index in [0.29, 0.717) is 24.5 Å². The number of nitrogens with one attached hydrogen (secondary N) is 1. The molecule has 1 aliphatic heterocycles. The highest BCUT2D eigenvalue weighted by Crippen LogP contribution is 2.36. The summed E-state index contributed by atoms with van der Waals surface area (Å²) in [5.74, 6) is 0.639. The quantitative estimate of drug-likeness (QED) is 0.471. The third-order valence-electron chi connectivity index (χ3n) is 6.41. The van der Waals surface area contributed by atoms with E-state index >= 15 is 0 Å². The first-order valence-electron chi connectivity index (χ1n) is 11.4. The first kappa shape index (κ1) is 21.3. The zero-order valence-electron chi connectivity index (χ0n) is 19.0. The Hall–Kier alpha value is -3.52. The number of anilines is 1. The molecule has 0 bridgehead atoms. The molecule has 8 nitrogen and oxygen atoms in total. The lowest BCUT2D eigenvalue weighted by molar-refractivity contribution is 0.181. The van der Waals surface area contributed by atoms with Gasteiger partial charge in [0.1, 0.15) is 6.04 Å². The van der Waals surface area contributed by atoms with Crippen molar-refractivity contribution in [1.82, 2.24) is 25.2 Å². The van der Waals surface area contributed by atoms with Crippen molar-refractivity contribution in [1.29, 1.82) is 0 Å². The van der Waals surface area contributed by atoms with Crippen LogP contribution in [0.5, 0.6) is 0 Å². The number of ether oxygens (including phenoxy) is 1. The molecule has 3 heterocycles. The van der Waals surface area contributed by atoms with Gasteiger partial charge in [-0.25, -0.2) is 4.68 Å². The number of nitrogens with zero attached hydrogens (tertiary/aromatic N) is 5. The lowest BCUT2D eigenvalue weighted by Crippen LogP contribution is -2.38. The number of aromatic nitrogens is 5. The summed E-state index contributed by atoms with van der Waals surface area (Å²) >= 11 is 0. The van der Waals surface area contributed by atoms with Gasteiger partial charge in [0.15, 0.2) is 5.82 Å². The van der Waals surface area contributed by atoms with Crippen LogP contribution in [0, 0.1) is 0 Å². The van der Waals surface area contributed by atoms with Crippen molar-refractivity contribution in [3.05, 3.63) is 81.4 Å². The number of H-pyrrole nitrogens is 1. The summed E-state index contributed by atoms with van der Waals surface area (Å²) in [6.07, 6.45) is 2.95. The Morgan fingerprint density at radius 3 is 2.91 bits per heavy atom. The maximum Gasteiger partial charge on any atom is 0.254 e. The van der Waals surface area contributed by atoms with Gasteiger partial charge in [0.2, 0.25) is 0 Å². The molecule has 1 aliphatic rings. The first-order valence-corrected chi connectivity index (χ1v) is 11.4. The Kier molecular flexibility index (Phi) is 5.92. The van der Waals surface area contributed by atoms with Crippen LogP contribution in [-0.2, 0) is 24.1 Å². The Morgan fingerprint density at radius 1 is 1.18 bits per heavy atom. The molecule has 0 saturated heterocycles. The summed E-state index contributed by atoms with van der Waals surface area (Å²) in [7, 11) is 1.65. The molecule has 2 aromatic heterocycles. The zero-order chi connectivity index (χ0) is 22.8. The van der Waals surface area contributed by atoms with E-state index in [1.54, 1.807) is 11.8 Å². The molecule has 0 radical (unpaired) electrons. The maximum atomic E-state index is 13.4. The number of aryl methyl sites for hydroxylation is 2. The Bertz CT molecular complexity index is 1330. The smallest absolute Gasteiger partial charge is 0.254 e. The molecule has 1 N–H and O–H groups in total. The summed E-state index contributed by atoms with van der Waals surface area (Å²) in [5, 5.41) is 13.6. The molecule has 33 heavy (non-hydrogen) atoms. The molecule has 8 heteroatoms. The van der Waals surface area contributed by atoms with Crippen LogP contribution in [0.15, 0.2) is 53.3 Å². The highest BCUT2D eigenvalue weighted by atomic mass is 16.5. The number of para-hydroxylation sites is 1. The lowest BCUT2D eigenvalue weighted by Gasteiger charge is -2.37. The maximum absolute atomic E-state index is 13.4. The fourth-order valence-corrected chi connectivity index (χ4v) is 4.72. The Balaban J connectivity index is 1.71. The summed E-state index contributed by atoms with van der Waals surface area (Å²) < 4.78 is 7.01. The molecule has 0 aliphatic carbocycles. The molecule has 0 unspecified atom stereocenters. The van der Waals surface area contributed by atoms with Crippen molar-refractivity contribution in [2.45, 2.75) is 38.8 Å². The molecule has 1 atom stereocenters. The van der Waals surface area contributed by atoms with Crippen molar-refractivity contribution < 1.29 is 4.74 Å². The van der Waals surface area contributed by atoms with Crippen molar-refractivity contribution in [3.63, 3.8) is 0 Å². The van der Waals surface area contributed by atoms with Gasteiger partial charge >= 0.3 is 0 Å². The van der Waals surface area contributed by atoms with Gasteiger partial charge in [-0.1, -0.05) is 31.2 Å². The van der Waals surface area contributed by atoms with Crippen LogP contribution in [0.1, 0.15) is 41.9 Å². The predicted octanol–water partition coefficient (Wildman–Crippen LogP) is 3.27. The number of pyridine rings is 1. The van der Waals surface area contributed by atoms with E-state index in [0.717, 1.165) is 42.4 Å². The van der Waals surface area contributed by atoms with Gasteiger partial charge in [0.05, 0.1) is 13.2 Å². The largest absolute Gasteiger partial charge is 0.383 e. The molecule has 5 rings (SSSR count). The third-order valence-corrected chi connectivity index (χ3v) is 6.41. The second kappa shape index (κ2) is 9.15. The van der Waals surface area contributed by atoms with E-state index in [2.05, 4.69) is 62.7 Å². The minimum atomic E-state index is -0.420. The summed E-state index contributed by atoms with van der Waals surface area (Å²) in [4.78, 5) is 18.8. The molecule has 0 saturated carbocycles. The number of tetrazole rings is 1. The van der Waals surface area contributed by atoms with E-state index in [-0.39, 0.29) is 5.56 Å². The molecule has 0 spiro atoms. The highest BCUT2D eigenvalue weighted by Gasteiger charge is 2.33. The number of methoxy groups -OCH3 is 1. The Labute approximate surface area is 192 Å². The first-order chi connectivity index (χ1) is 16.2. The van der Waals surface area contributed by atoms with Crippen LogP contribution in [0.3, 0.4) is 0 Å². The van der Waals surface area contributed by atoms with Crippen molar-refractivity contribution in [2.75, 3.05) is 25.2 Å². The average molecular weight is 445 g/mol. The van der Waals surface area contributed by atoms with Crippen LogP contribution >= 0.6 is 0 Å². The second-order valence-corrected chi connectivity index (χ2v) is 8.41. The number of hydrogen-bond acceptors (Lipinski definition) is 6. The van der Waals surface area contributed by atoms with E-state index in [1.165, 1.54) is 11.1 Å². The Morgan fingerprint density at radius 2 is 2.06 bits per heavy atom. The summed E-state index contributed by atoms with van der Waals surface area (Å²) in [6, 6.07) is 16.1. The topological polar surface area (TPSA) is 88.9 Å². The molecule has 4 aromatic rings. The van der Waals surface area contributed by atoms with Crippen LogP contribution in [0.4, 0.5) is 5.69 Å². The predicted molar refractivity (Wildman–Crippen MR) is 128 cm³/mol. The molecular weight excluding hydrogens is 416 g/mol. The van der Waals surface area contributed by atoms with Crippen LogP contribution in [0.2, 0.25) is 0 Å². The molecular formula is C25H28N6O2. The number of fused-ring (bicyclic) bond motifs is 2. The number of aromatic amines is 1. The minimum Gasteiger partial charge on any atom is -0.383 e. The van der Waals surface area contributed by atoms with Gasteiger partial charge in [0.25, 0.3) is 5.56 Å². The van der Waals surface area contributed by atoms with Crippen LogP contribution in [-0.4, -0.2) is 45.5 Å². The van der Waals surface area contributed by atoms with Crippen molar-refractivity contribution >= 4 is 16.6 Å². The minimum absolute atomic E-state index is 0.124. The van der Waals surface area contributed by atoms with Crippen molar-refractivity contribution in [2.24, 2.45) is 0 Å². The highest BCUT2D eigenvalue weighted by molar-refractivity contribution is 5.80. The van der Waals surface area contributed by atoms with Crippen molar-refractivity contribution in [3.8, 4) is 0 Å². The zero-order valence-corrected chi connectivity index (χ0v) is 19.0. The van der Waals surface area contributed by atoms with E-state index < -0.39 is 6.04 Å². The third kappa shape index (κ3) is 4.02. The van der Waals surface area contributed by atoms with Gasteiger partial charge < -0.3 is 14.6 Å². The summed E-state index contributed by atoms with van der Waals surface area (Å²) in [5.41, 5.74) is 4.97. The molecule has 0 fully saturated rings. The van der Waals surface area contributed by atoms with Crippen LogP contribution in [0.25, 0.3) is 10.9 Å². The standard InChI is InChI=1S/C25H28N6O2/c1-3-17-10-11-21-19(15-17)16-20(25(32)26-21)23(24-27-28-29-31(24)13-14-33-2)30-12-6-8-18-7-4-5-9-22(18)30/h4-5,7,9-11,15-16,23H,3,6,8,12-14H2,1-2H3,(H,26,32)/t23-/m1/s1. The second-order valence-electron chi connectivity index (χ2n) is 8.41. The lowest BCUT2D eigenvalue weighted by atomic mass is 9.96. The summed E-state index contributed by atoms with van der Waals surface area (Å²) in [6.45, 7) is 3.93. The number of benzene rings is 2. The normalized spacial score (nSPS) is 14.4. The molecule has 0 amide bonds. The monoisotopic (exact) mass is 444 g/mol. The fraction of sp³-hybridized carbons (Fsp3) is 0.360. The molecule has 170 valence electrons. The van der Waals surface area contributed by atoms with Gasteiger partial charge in [-0.15, -0.1) is 5.10 Å². The van der Waals surface area contributed by atoms with Gasteiger partial charge in [-0.05, 0) is 70.5 Å². The fourth-order valence-electron chi connectivity index (χ4n) is 4.72. The van der Waals surface area contributed by atoms with E-state index in [9.17, 15) is 4.79 Å². The van der Waals surface area contributed by atoms with E-state index in [1.807, 2.05) is 18.2 Å². The van der Waals surface area contributed by atoms with E-state index in [4.69, 9.17) is 4.74 Å². The number of hydrogen-bond donors (Lipinski definition) is 1.